The maximum Gasteiger partial charge on any atom is 0.221 e. The highest BCUT2D eigenvalue weighted by Crippen LogP contribution is 2.25. The summed E-state index contributed by atoms with van der Waals surface area (Å²) in [6, 6.07) is 15.2. The molecule has 3 heteroatoms. The molecule has 0 radical (unpaired) electrons. The fraction of sp³-hybridized carbons (Fsp3) is 0.133. The van der Waals surface area contributed by atoms with Crippen LogP contribution in [0.15, 0.2) is 48.5 Å². The molecule has 18 heavy (non-hydrogen) atoms. The van der Waals surface area contributed by atoms with Crippen LogP contribution in [-0.2, 0) is 11.2 Å². The Morgan fingerprint density at radius 3 is 2.44 bits per heavy atom. The molecule has 2 aromatic carbocycles. The van der Waals surface area contributed by atoms with E-state index in [2.05, 4.69) is 0 Å². The number of hydrogen-bond acceptors (Lipinski definition) is 2. The van der Waals surface area contributed by atoms with E-state index in [9.17, 15) is 4.79 Å². The number of primary amides is 1. The van der Waals surface area contributed by atoms with Gasteiger partial charge in [0.25, 0.3) is 0 Å². The van der Waals surface area contributed by atoms with Gasteiger partial charge in [-0.15, -0.1) is 0 Å². The third-order valence-corrected chi connectivity index (χ3v) is 2.59. The molecule has 0 bridgehead atoms. The van der Waals surface area contributed by atoms with Crippen molar-refractivity contribution in [3.05, 3.63) is 59.7 Å². The molecule has 0 saturated carbocycles. The molecular weight excluding hydrogens is 226 g/mol. The van der Waals surface area contributed by atoms with E-state index >= 15 is 0 Å². The number of benzene rings is 2. The minimum Gasteiger partial charge on any atom is -0.457 e. The standard InChI is InChI=1S/C15H15NO2/c1-11-6-8-13(9-7-11)18-14-5-3-2-4-12(14)10-15(16)17/h2-9H,10H2,1H3,(H2,16,17). The first-order chi connectivity index (χ1) is 8.65. The van der Waals surface area contributed by atoms with Gasteiger partial charge in [-0.05, 0) is 25.1 Å². The summed E-state index contributed by atoms with van der Waals surface area (Å²) < 4.78 is 5.76. The predicted octanol–water partition coefficient (Wildman–Crippen LogP) is 2.82. The van der Waals surface area contributed by atoms with Crippen LogP contribution in [0.5, 0.6) is 11.5 Å². The molecule has 1 amide bonds. The van der Waals surface area contributed by atoms with Crippen LogP contribution in [0.2, 0.25) is 0 Å². The van der Waals surface area contributed by atoms with Crippen molar-refractivity contribution in [1.29, 1.82) is 0 Å². The average Bonchev–Trinajstić information content (AvgIpc) is 2.34. The Labute approximate surface area is 106 Å². The lowest BCUT2D eigenvalue weighted by atomic mass is 10.1. The van der Waals surface area contributed by atoms with Crippen LogP contribution in [0.1, 0.15) is 11.1 Å². The van der Waals surface area contributed by atoms with Crippen molar-refractivity contribution >= 4 is 5.91 Å². The highest BCUT2D eigenvalue weighted by molar-refractivity contribution is 5.77. The molecule has 0 unspecified atom stereocenters. The van der Waals surface area contributed by atoms with E-state index in [1.54, 1.807) is 0 Å². The van der Waals surface area contributed by atoms with Crippen LogP contribution in [0.25, 0.3) is 0 Å². The molecule has 0 aromatic heterocycles. The molecule has 0 spiro atoms. The van der Waals surface area contributed by atoms with E-state index in [0.717, 1.165) is 11.3 Å². The van der Waals surface area contributed by atoms with Gasteiger partial charge >= 0.3 is 0 Å². The van der Waals surface area contributed by atoms with Crippen LogP contribution in [-0.4, -0.2) is 5.91 Å². The quantitative estimate of drug-likeness (QED) is 0.894. The molecule has 92 valence electrons. The topological polar surface area (TPSA) is 52.3 Å². The Balaban J connectivity index is 2.23. The lowest BCUT2D eigenvalue weighted by molar-refractivity contribution is -0.117. The molecule has 0 atom stereocenters. The molecule has 0 fully saturated rings. The fourth-order valence-electron chi connectivity index (χ4n) is 1.67. The zero-order valence-electron chi connectivity index (χ0n) is 10.2. The molecule has 2 N–H and O–H groups in total. The highest BCUT2D eigenvalue weighted by Gasteiger charge is 2.06. The summed E-state index contributed by atoms with van der Waals surface area (Å²) in [6.45, 7) is 2.02. The average molecular weight is 241 g/mol. The van der Waals surface area contributed by atoms with Gasteiger partial charge in [0.2, 0.25) is 5.91 Å². The van der Waals surface area contributed by atoms with Crippen molar-refractivity contribution in [3.8, 4) is 11.5 Å². The molecule has 3 nitrogen and oxygen atoms in total. The highest BCUT2D eigenvalue weighted by atomic mass is 16.5. The molecule has 0 aliphatic rings. The van der Waals surface area contributed by atoms with Crippen LogP contribution in [0.4, 0.5) is 0 Å². The smallest absolute Gasteiger partial charge is 0.221 e. The Hall–Kier alpha value is -2.29. The number of amides is 1. The zero-order valence-corrected chi connectivity index (χ0v) is 10.2. The van der Waals surface area contributed by atoms with Gasteiger partial charge in [0, 0.05) is 5.56 Å². The van der Waals surface area contributed by atoms with Crippen LogP contribution in [0, 0.1) is 6.92 Å². The minimum absolute atomic E-state index is 0.183. The van der Waals surface area contributed by atoms with E-state index in [-0.39, 0.29) is 12.3 Å². The first kappa shape index (κ1) is 12.2. The monoisotopic (exact) mass is 241 g/mol. The molecule has 0 aliphatic heterocycles. The van der Waals surface area contributed by atoms with E-state index in [4.69, 9.17) is 10.5 Å². The normalized spacial score (nSPS) is 10.1. The minimum atomic E-state index is -0.366. The first-order valence-electron chi connectivity index (χ1n) is 5.76. The number of rotatable bonds is 4. The molecule has 0 aliphatic carbocycles. The van der Waals surface area contributed by atoms with Crippen molar-refractivity contribution in [2.75, 3.05) is 0 Å². The first-order valence-corrected chi connectivity index (χ1v) is 5.76. The molecular formula is C15H15NO2. The van der Waals surface area contributed by atoms with E-state index < -0.39 is 0 Å². The molecule has 2 rings (SSSR count). The Kier molecular flexibility index (Phi) is 3.63. The maximum absolute atomic E-state index is 11.0. The summed E-state index contributed by atoms with van der Waals surface area (Å²) in [7, 11) is 0. The second-order valence-electron chi connectivity index (χ2n) is 4.17. The third kappa shape index (κ3) is 3.10. The largest absolute Gasteiger partial charge is 0.457 e. The molecule has 2 aromatic rings. The van der Waals surface area contributed by atoms with Gasteiger partial charge in [-0.25, -0.2) is 0 Å². The Morgan fingerprint density at radius 2 is 1.78 bits per heavy atom. The van der Waals surface area contributed by atoms with Crippen molar-refractivity contribution in [2.45, 2.75) is 13.3 Å². The summed E-state index contributed by atoms with van der Waals surface area (Å²) >= 11 is 0. The second kappa shape index (κ2) is 5.36. The van der Waals surface area contributed by atoms with E-state index in [0.29, 0.717) is 5.75 Å². The number of carbonyl (C=O) groups is 1. The van der Waals surface area contributed by atoms with Gasteiger partial charge in [0.05, 0.1) is 6.42 Å². The summed E-state index contributed by atoms with van der Waals surface area (Å²) in [4.78, 5) is 11.0. The summed E-state index contributed by atoms with van der Waals surface area (Å²) in [5.41, 5.74) is 7.18. The van der Waals surface area contributed by atoms with Gasteiger partial charge in [-0.3, -0.25) is 4.79 Å². The maximum atomic E-state index is 11.0. The number of para-hydroxylation sites is 1. The van der Waals surface area contributed by atoms with Crippen molar-refractivity contribution in [3.63, 3.8) is 0 Å². The zero-order chi connectivity index (χ0) is 13.0. The fourth-order valence-corrected chi connectivity index (χ4v) is 1.67. The summed E-state index contributed by atoms with van der Waals surface area (Å²) in [5.74, 6) is 1.05. The van der Waals surface area contributed by atoms with Crippen LogP contribution < -0.4 is 10.5 Å². The van der Waals surface area contributed by atoms with Crippen LogP contribution in [0.3, 0.4) is 0 Å². The van der Waals surface area contributed by atoms with E-state index in [1.165, 1.54) is 5.56 Å². The van der Waals surface area contributed by atoms with Gasteiger partial charge in [0.1, 0.15) is 11.5 Å². The Bertz CT molecular complexity index is 547. The van der Waals surface area contributed by atoms with Crippen molar-refractivity contribution in [1.82, 2.24) is 0 Å². The van der Waals surface area contributed by atoms with Gasteiger partial charge in [-0.2, -0.15) is 0 Å². The number of ether oxygens (including phenoxy) is 1. The Morgan fingerprint density at radius 1 is 1.11 bits per heavy atom. The number of nitrogens with two attached hydrogens (primary N) is 1. The predicted molar refractivity (Wildman–Crippen MR) is 70.6 cm³/mol. The lowest BCUT2D eigenvalue weighted by Gasteiger charge is -2.10. The molecule has 0 heterocycles. The summed E-state index contributed by atoms with van der Waals surface area (Å²) in [5, 5.41) is 0. The van der Waals surface area contributed by atoms with Crippen molar-refractivity contribution in [2.24, 2.45) is 5.73 Å². The van der Waals surface area contributed by atoms with Crippen LogP contribution >= 0.6 is 0 Å². The van der Waals surface area contributed by atoms with Crippen molar-refractivity contribution < 1.29 is 9.53 Å². The second-order valence-corrected chi connectivity index (χ2v) is 4.17. The van der Waals surface area contributed by atoms with E-state index in [1.807, 2.05) is 55.5 Å². The lowest BCUT2D eigenvalue weighted by Crippen LogP contribution is -2.14. The van der Waals surface area contributed by atoms with Gasteiger partial charge in [0.15, 0.2) is 0 Å². The number of aryl methyl sites for hydroxylation is 1. The molecule has 0 saturated heterocycles. The van der Waals surface area contributed by atoms with Gasteiger partial charge in [-0.1, -0.05) is 35.9 Å². The SMILES string of the molecule is Cc1ccc(Oc2ccccc2CC(N)=O)cc1. The number of carbonyl (C=O) groups excluding carboxylic acids is 1. The van der Waals surface area contributed by atoms with Gasteiger partial charge < -0.3 is 10.5 Å². The third-order valence-electron chi connectivity index (χ3n) is 2.59. The number of hydrogen-bond donors (Lipinski definition) is 1. The summed E-state index contributed by atoms with van der Waals surface area (Å²) in [6.07, 6.45) is 0.183.